The number of benzene rings is 2. The second-order valence-electron chi connectivity index (χ2n) is 9.74. The summed E-state index contributed by atoms with van der Waals surface area (Å²) >= 11 is 0. The van der Waals surface area contributed by atoms with Crippen molar-refractivity contribution in [1.29, 1.82) is 0 Å². The number of carbonyl (C=O) groups is 2. The Hall–Kier alpha value is -4.01. The van der Waals surface area contributed by atoms with Crippen molar-refractivity contribution < 1.29 is 19.1 Å². The molecular weight excluding hydrogens is 485 g/mol. The normalized spacial score (nSPS) is 16.1. The van der Waals surface area contributed by atoms with Gasteiger partial charge in [0.1, 0.15) is 12.4 Å². The first kappa shape index (κ1) is 27.0. The summed E-state index contributed by atoms with van der Waals surface area (Å²) in [5.41, 5.74) is 4.12. The zero-order valence-electron chi connectivity index (χ0n) is 21.8. The third kappa shape index (κ3) is 6.65. The number of nitrogens with zero attached hydrogens (tertiary/aromatic N) is 3. The number of aliphatic carboxylic acids is 1. The monoisotopic (exact) mass is 519 g/mol. The van der Waals surface area contributed by atoms with Crippen LogP contribution in [-0.4, -0.2) is 52.6 Å². The maximum atomic E-state index is 15.0. The zero-order valence-corrected chi connectivity index (χ0v) is 21.8. The molecule has 1 aromatic heterocycles. The lowest BCUT2D eigenvalue weighted by Crippen LogP contribution is -2.49. The molecule has 3 N–H and O–H groups in total. The molecule has 3 aromatic rings. The van der Waals surface area contributed by atoms with Gasteiger partial charge in [-0.15, -0.1) is 0 Å². The van der Waals surface area contributed by atoms with E-state index < -0.39 is 23.7 Å². The Morgan fingerprint density at radius 2 is 1.79 bits per heavy atom. The van der Waals surface area contributed by atoms with E-state index in [1.54, 1.807) is 4.90 Å². The number of aromatic nitrogens is 2. The van der Waals surface area contributed by atoms with Gasteiger partial charge in [0.05, 0.1) is 5.92 Å². The van der Waals surface area contributed by atoms with Gasteiger partial charge in [-0.3, -0.25) is 4.79 Å². The lowest BCUT2D eigenvalue weighted by atomic mass is 9.95. The maximum absolute atomic E-state index is 15.0. The molecule has 0 spiro atoms. The number of carbonyl (C=O) groups excluding carboxylic acids is 1. The van der Waals surface area contributed by atoms with E-state index in [2.05, 4.69) is 20.6 Å². The molecule has 1 unspecified atom stereocenters. The van der Waals surface area contributed by atoms with Gasteiger partial charge in [0.2, 0.25) is 11.7 Å². The highest BCUT2D eigenvalue weighted by Crippen LogP contribution is 2.27. The van der Waals surface area contributed by atoms with Crippen molar-refractivity contribution in [3.05, 3.63) is 71.8 Å². The number of piperidine rings is 1. The van der Waals surface area contributed by atoms with Crippen LogP contribution in [0.1, 0.15) is 37.3 Å². The average molecular weight is 520 g/mol. The van der Waals surface area contributed by atoms with Gasteiger partial charge in [-0.1, -0.05) is 61.0 Å². The van der Waals surface area contributed by atoms with Gasteiger partial charge in [0.15, 0.2) is 11.6 Å². The van der Waals surface area contributed by atoms with Crippen molar-refractivity contribution >= 4 is 23.5 Å². The molecule has 2 heterocycles. The standard InChI is InChI=1S/C29H34FN5O3/c1-3-14-31-26-25(30)27(33-18-32-26)35-15-4-5-23(17-35)28(36)34-24(29(37)38)16-20-8-12-22(13-9-20)21-10-6-19(2)7-11-21/h6-13,18,23-24H,3-5,14-17H2,1-2H3,(H,34,36)(H,37,38)(H,31,32,33)/t23?,24-/m0/s1. The van der Waals surface area contributed by atoms with Gasteiger partial charge in [0.25, 0.3) is 0 Å². The van der Waals surface area contributed by atoms with Gasteiger partial charge in [-0.2, -0.15) is 4.39 Å². The summed E-state index contributed by atoms with van der Waals surface area (Å²) in [5, 5.41) is 15.5. The molecule has 1 amide bonds. The van der Waals surface area contributed by atoms with E-state index in [9.17, 15) is 14.7 Å². The van der Waals surface area contributed by atoms with Crippen LogP contribution in [0.15, 0.2) is 54.9 Å². The van der Waals surface area contributed by atoms with E-state index in [1.165, 1.54) is 11.9 Å². The van der Waals surface area contributed by atoms with E-state index in [0.717, 1.165) is 23.1 Å². The largest absolute Gasteiger partial charge is 0.480 e. The molecule has 0 bridgehead atoms. The van der Waals surface area contributed by atoms with E-state index in [-0.39, 0.29) is 30.5 Å². The van der Waals surface area contributed by atoms with Crippen LogP contribution in [0.3, 0.4) is 0 Å². The van der Waals surface area contributed by atoms with Gasteiger partial charge in [-0.05, 0) is 42.9 Å². The Labute approximate surface area is 222 Å². The van der Waals surface area contributed by atoms with Crippen molar-refractivity contribution in [3.63, 3.8) is 0 Å². The highest BCUT2D eigenvalue weighted by atomic mass is 19.1. The predicted octanol–water partition coefficient (Wildman–Crippen LogP) is 4.44. The van der Waals surface area contributed by atoms with Crippen molar-refractivity contribution in [2.24, 2.45) is 5.92 Å². The lowest BCUT2D eigenvalue weighted by molar-refractivity contribution is -0.142. The Kier molecular flexibility index (Phi) is 8.89. The molecule has 8 nitrogen and oxygen atoms in total. The number of carboxylic acids is 1. The number of hydrogen-bond acceptors (Lipinski definition) is 6. The van der Waals surface area contributed by atoms with E-state index in [1.807, 2.05) is 62.4 Å². The fourth-order valence-electron chi connectivity index (χ4n) is 4.64. The van der Waals surface area contributed by atoms with Crippen molar-refractivity contribution in [2.75, 3.05) is 29.9 Å². The molecule has 0 saturated carbocycles. The Balaban J connectivity index is 1.40. The summed E-state index contributed by atoms with van der Waals surface area (Å²) < 4.78 is 15.0. The number of hydrogen-bond donors (Lipinski definition) is 3. The second kappa shape index (κ2) is 12.5. The summed E-state index contributed by atoms with van der Waals surface area (Å²) in [6.45, 7) is 5.41. The first-order chi connectivity index (χ1) is 18.4. The number of aryl methyl sites for hydroxylation is 1. The number of anilines is 2. The zero-order chi connectivity index (χ0) is 27.1. The summed E-state index contributed by atoms with van der Waals surface area (Å²) in [5.74, 6) is -2.17. The number of rotatable bonds is 10. The molecule has 2 aromatic carbocycles. The van der Waals surface area contributed by atoms with E-state index in [0.29, 0.717) is 25.9 Å². The molecule has 1 aliphatic heterocycles. The van der Waals surface area contributed by atoms with Gasteiger partial charge >= 0.3 is 5.97 Å². The average Bonchev–Trinajstić information content (AvgIpc) is 2.93. The van der Waals surface area contributed by atoms with Crippen molar-refractivity contribution in [1.82, 2.24) is 15.3 Å². The van der Waals surface area contributed by atoms with Crippen LogP contribution < -0.4 is 15.5 Å². The summed E-state index contributed by atoms with van der Waals surface area (Å²) in [7, 11) is 0. The second-order valence-corrected chi connectivity index (χ2v) is 9.74. The summed E-state index contributed by atoms with van der Waals surface area (Å²) in [6.07, 6.45) is 3.56. The minimum absolute atomic E-state index is 0.141. The fraction of sp³-hybridized carbons (Fsp3) is 0.379. The number of nitrogens with one attached hydrogen (secondary N) is 2. The Morgan fingerprint density at radius 3 is 2.45 bits per heavy atom. The molecule has 4 rings (SSSR count). The van der Waals surface area contributed by atoms with Crippen LogP contribution in [0, 0.1) is 18.7 Å². The van der Waals surface area contributed by atoms with E-state index >= 15 is 4.39 Å². The highest BCUT2D eigenvalue weighted by molar-refractivity contribution is 5.85. The van der Waals surface area contributed by atoms with Crippen LogP contribution >= 0.6 is 0 Å². The van der Waals surface area contributed by atoms with Crippen LogP contribution in [0.2, 0.25) is 0 Å². The van der Waals surface area contributed by atoms with Crippen LogP contribution in [0.25, 0.3) is 11.1 Å². The molecule has 1 fully saturated rings. The first-order valence-electron chi connectivity index (χ1n) is 13.0. The molecule has 0 aliphatic carbocycles. The molecule has 1 aliphatic rings. The number of halogens is 1. The van der Waals surface area contributed by atoms with E-state index in [4.69, 9.17) is 0 Å². The smallest absolute Gasteiger partial charge is 0.326 e. The van der Waals surface area contributed by atoms with Gasteiger partial charge in [0, 0.05) is 26.1 Å². The Morgan fingerprint density at radius 1 is 1.11 bits per heavy atom. The number of amides is 1. The Bertz CT molecular complexity index is 1250. The third-order valence-corrected chi connectivity index (χ3v) is 6.80. The quantitative estimate of drug-likeness (QED) is 0.363. The SMILES string of the molecule is CCCNc1ncnc(N2CCCC(C(=O)N[C@@H](Cc3ccc(-c4ccc(C)cc4)cc3)C(=O)O)C2)c1F. The molecule has 38 heavy (non-hydrogen) atoms. The van der Waals surface area contributed by atoms with Crippen LogP contribution in [0.4, 0.5) is 16.0 Å². The van der Waals surface area contributed by atoms with Crippen molar-refractivity contribution in [3.8, 4) is 11.1 Å². The number of carboxylic acid groups (broad SMARTS) is 1. The maximum Gasteiger partial charge on any atom is 0.326 e. The lowest BCUT2D eigenvalue weighted by Gasteiger charge is -2.33. The predicted molar refractivity (Wildman–Crippen MR) is 146 cm³/mol. The topological polar surface area (TPSA) is 107 Å². The molecule has 9 heteroatoms. The van der Waals surface area contributed by atoms with Crippen LogP contribution in [0.5, 0.6) is 0 Å². The van der Waals surface area contributed by atoms with Crippen molar-refractivity contribution in [2.45, 2.75) is 45.6 Å². The summed E-state index contributed by atoms with van der Waals surface area (Å²) in [4.78, 5) is 34.9. The molecular formula is C29H34FN5O3. The minimum Gasteiger partial charge on any atom is -0.480 e. The molecule has 200 valence electrons. The highest BCUT2D eigenvalue weighted by Gasteiger charge is 2.31. The van der Waals surface area contributed by atoms with Gasteiger partial charge in [-0.25, -0.2) is 14.8 Å². The van der Waals surface area contributed by atoms with Crippen LogP contribution in [-0.2, 0) is 16.0 Å². The third-order valence-electron chi connectivity index (χ3n) is 6.80. The molecule has 2 atom stereocenters. The minimum atomic E-state index is -1.10. The fourth-order valence-corrected chi connectivity index (χ4v) is 4.64. The first-order valence-corrected chi connectivity index (χ1v) is 13.0. The summed E-state index contributed by atoms with van der Waals surface area (Å²) in [6, 6.07) is 14.8. The van der Waals surface area contributed by atoms with Gasteiger partial charge < -0.3 is 20.6 Å². The molecule has 0 radical (unpaired) electrons. The molecule has 1 saturated heterocycles.